The Hall–Kier alpha value is -11.7. The van der Waals surface area contributed by atoms with Crippen molar-refractivity contribution in [2.75, 3.05) is 0 Å². The van der Waals surface area contributed by atoms with E-state index in [1.54, 1.807) is 0 Å². The van der Waals surface area contributed by atoms with Gasteiger partial charge in [-0.05, 0) is 255 Å². The predicted molar refractivity (Wildman–Crippen MR) is 476 cm³/mol. The minimum absolute atomic E-state index is 0.180. The van der Waals surface area contributed by atoms with Gasteiger partial charge in [-0.15, -0.1) is 0 Å². The monoisotopic (exact) mass is 1400 g/mol. The Kier molecular flexibility index (Phi) is 20.8. The van der Waals surface area contributed by atoms with E-state index in [1.165, 1.54) is 208 Å². The third-order valence-electron chi connectivity index (χ3n) is 22.2. The number of aryl methyl sites for hydroxylation is 10. The van der Waals surface area contributed by atoms with Crippen molar-refractivity contribution in [2.45, 2.75) is 122 Å². The molecule has 0 aromatic heterocycles. The first-order valence-electron chi connectivity index (χ1n) is 38.5. The quantitative estimate of drug-likeness (QED) is 0.154. The van der Waals surface area contributed by atoms with Crippen LogP contribution in [0.25, 0.3) is 141 Å². The molecule has 0 nitrogen and oxygen atoms in total. The molecule has 0 aliphatic rings. The molecule has 0 bridgehead atoms. The van der Waals surface area contributed by atoms with Gasteiger partial charge in [0.1, 0.15) is 0 Å². The average Bonchev–Trinajstić information content (AvgIpc) is 0.745. The largest absolute Gasteiger partial charge is 0.0622 e. The lowest BCUT2D eigenvalue weighted by Crippen LogP contribution is -2.11. The number of hydrogen-bond donors (Lipinski definition) is 0. The topological polar surface area (TPSA) is 0 Å². The molecule has 0 spiro atoms. The summed E-state index contributed by atoms with van der Waals surface area (Å²) in [5, 5.41) is 24.2. The minimum Gasteiger partial charge on any atom is -0.0622 e. The highest BCUT2D eigenvalue weighted by Crippen LogP contribution is 2.47. The van der Waals surface area contributed by atoms with Crippen LogP contribution in [0.3, 0.4) is 0 Å². The lowest BCUT2D eigenvalue weighted by molar-refractivity contribution is 0.590. The Morgan fingerprint density at radius 3 is 0.713 bits per heavy atom. The molecule has 108 heavy (non-hydrogen) atoms. The van der Waals surface area contributed by atoms with E-state index < -0.39 is 0 Å². The summed E-state index contributed by atoms with van der Waals surface area (Å²) in [7, 11) is 0. The standard InChI is InChI=1S/2C28H22.C24H30.C16H14.C12H12/c1-19-11-15-21(16-12-19)27-23-7-3-5-9-25(23)28(22-17-13-20(2)14-18-22)26-10-6-4-8-24(26)27;1-19-13-15-23-25(17-19)27(21-9-5-3-6-10-21)24-16-14-20(2)18-26(24)28(23)22-11-7-4-8-12-22;1-15-19-11-9-18(24(6,7)8)14-22(19)16(2)20-12-10-17(13-21(15)20)23(3,4)5;1-11-13-7-3-5-9-15(13)12(2)16-10-6-4-8-14(11)16;1-9-3-5-11-6-4-10(2)8-12(11)7-9/h2*3-18H,1-2H3;9-14H,1-8H3;3-10H,1-2H3;3-8H,1-2H3. The maximum absolute atomic E-state index is 2.40. The fraction of sp³-hybridized carbons (Fsp3) is 0.167. The first-order valence-corrected chi connectivity index (χ1v) is 38.5. The fourth-order valence-corrected chi connectivity index (χ4v) is 16.1. The van der Waals surface area contributed by atoms with Crippen LogP contribution in [0.5, 0.6) is 0 Å². The van der Waals surface area contributed by atoms with E-state index in [4.69, 9.17) is 0 Å². The molecule has 0 atom stereocenters. The number of benzene rings is 18. The zero-order valence-electron chi connectivity index (χ0n) is 66.0. The summed E-state index contributed by atoms with van der Waals surface area (Å²) >= 11 is 0. The van der Waals surface area contributed by atoms with E-state index in [9.17, 15) is 0 Å². The van der Waals surface area contributed by atoms with Crippen LogP contribution in [0.4, 0.5) is 0 Å². The van der Waals surface area contributed by atoms with Crippen molar-refractivity contribution in [3.8, 4) is 44.5 Å². The summed E-state index contributed by atoms with van der Waals surface area (Å²) < 4.78 is 0. The van der Waals surface area contributed by atoms with Gasteiger partial charge in [0, 0.05) is 0 Å². The Morgan fingerprint density at radius 1 is 0.157 bits per heavy atom. The van der Waals surface area contributed by atoms with Gasteiger partial charge in [0.05, 0.1) is 0 Å². The average molecular weight is 1400 g/mol. The molecule has 0 amide bonds. The van der Waals surface area contributed by atoms with Gasteiger partial charge in [0.15, 0.2) is 0 Å². The van der Waals surface area contributed by atoms with Crippen molar-refractivity contribution in [1.82, 2.24) is 0 Å². The van der Waals surface area contributed by atoms with Crippen molar-refractivity contribution in [3.05, 3.63) is 382 Å². The van der Waals surface area contributed by atoms with Crippen LogP contribution in [0, 0.1) is 69.2 Å². The normalized spacial score (nSPS) is 11.5. The van der Waals surface area contributed by atoms with Gasteiger partial charge in [-0.2, -0.15) is 0 Å². The lowest BCUT2D eigenvalue weighted by atomic mass is 9.82. The molecule has 18 aromatic carbocycles. The van der Waals surface area contributed by atoms with Crippen LogP contribution in [0.15, 0.2) is 315 Å². The number of fused-ring (bicyclic) bond motifs is 9. The second-order valence-electron chi connectivity index (χ2n) is 32.1. The van der Waals surface area contributed by atoms with E-state index in [0.29, 0.717) is 0 Å². The maximum Gasteiger partial charge on any atom is -0.00263 e. The van der Waals surface area contributed by atoms with Gasteiger partial charge in [0.25, 0.3) is 0 Å². The molecule has 0 saturated heterocycles. The molecule has 0 fully saturated rings. The summed E-state index contributed by atoms with van der Waals surface area (Å²) in [6.07, 6.45) is 0. The number of rotatable bonds is 4. The number of hydrogen-bond acceptors (Lipinski definition) is 0. The predicted octanol–water partition coefficient (Wildman–Crippen LogP) is 31.2. The van der Waals surface area contributed by atoms with Crippen LogP contribution in [-0.4, -0.2) is 0 Å². The molecule has 0 heterocycles. The van der Waals surface area contributed by atoms with E-state index in [1.807, 2.05) is 0 Å². The Balaban J connectivity index is 0.000000116. The SMILES string of the molecule is Cc1c2ccc(C(C)(C)C)cc2c(C)c2ccc(C(C)(C)C)cc12.Cc1c2ccccc2c(C)c2ccccc12.Cc1ccc(-c2c3ccccc3c(-c3ccc(C)cc3)c3ccccc23)cc1.Cc1ccc2c(-c3ccccc3)c3cc(C)ccc3c(-c3ccccc3)c2c1.Cc1ccc2ccc(C)cc2c1. The highest BCUT2D eigenvalue weighted by Gasteiger charge is 2.22. The highest BCUT2D eigenvalue weighted by molar-refractivity contribution is 6.23. The molecular weight excluding hydrogens is 1300 g/mol. The van der Waals surface area contributed by atoms with Crippen molar-refractivity contribution >= 4 is 97.0 Å². The minimum atomic E-state index is 0.180. The smallest absolute Gasteiger partial charge is 0.00263 e. The zero-order chi connectivity index (χ0) is 75.7. The van der Waals surface area contributed by atoms with Gasteiger partial charge >= 0.3 is 0 Å². The second-order valence-corrected chi connectivity index (χ2v) is 32.1. The highest BCUT2D eigenvalue weighted by atomic mass is 14.3. The Labute approximate surface area is 641 Å². The molecule has 0 N–H and O–H groups in total. The van der Waals surface area contributed by atoms with E-state index in [0.717, 1.165) is 0 Å². The molecule has 18 aromatic rings. The van der Waals surface area contributed by atoms with Gasteiger partial charge in [0.2, 0.25) is 0 Å². The third kappa shape index (κ3) is 15.0. The van der Waals surface area contributed by atoms with Gasteiger partial charge < -0.3 is 0 Å². The molecule has 0 radical (unpaired) electrons. The molecular formula is C108H100. The first kappa shape index (κ1) is 73.2. The molecule has 0 aliphatic heterocycles. The molecule has 18 rings (SSSR count). The first-order chi connectivity index (χ1) is 52.0. The van der Waals surface area contributed by atoms with E-state index in [-0.39, 0.29) is 10.8 Å². The van der Waals surface area contributed by atoms with Crippen LogP contribution in [0.2, 0.25) is 0 Å². The Morgan fingerprint density at radius 2 is 0.389 bits per heavy atom. The summed E-state index contributed by atoms with van der Waals surface area (Å²) in [4.78, 5) is 0. The van der Waals surface area contributed by atoms with Crippen LogP contribution >= 0.6 is 0 Å². The van der Waals surface area contributed by atoms with Gasteiger partial charge in [-0.25, -0.2) is 0 Å². The van der Waals surface area contributed by atoms with E-state index in [2.05, 4.69) is 426 Å². The lowest BCUT2D eigenvalue weighted by Gasteiger charge is -2.23. The summed E-state index contributed by atoms with van der Waals surface area (Å²) in [6, 6.07) is 115. The van der Waals surface area contributed by atoms with Crippen LogP contribution < -0.4 is 0 Å². The fourth-order valence-electron chi connectivity index (χ4n) is 16.1. The van der Waals surface area contributed by atoms with Gasteiger partial charge in [-0.1, -0.05) is 390 Å². The third-order valence-corrected chi connectivity index (χ3v) is 22.2. The maximum atomic E-state index is 2.40. The second kappa shape index (κ2) is 30.6. The van der Waals surface area contributed by atoms with Crippen molar-refractivity contribution < 1.29 is 0 Å². The van der Waals surface area contributed by atoms with Gasteiger partial charge in [-0.3, -0.25) is 0 Å². The molecule has 0 saturated carbocycles. The molecule has 0 heteroatoms. The van der Waals surface area contributed by atoms with Crippen LogP contribution in [-0.2, 0) is 10.8 Å². The van der Waals surface area contributed by atoms with Crippen LogP contribution in [0.1, 0.15) is 108 Å². The molecule has 532 valence electrons. The Bertz CT molecular complexity index is 5870. The van der Waals surface area contributed by atoms with Crippen molar-refractivity contribution in [3.63, 3.8) is 0 Å². The van der Waals surface area contributed by atoms with Crippen molar-refractivity contribution in [1.29, 1.82) is 0 Å². The molecule has 0 unspecified atom stereocenters. The molecule has 0 aliphatic carbocycles. The summed E-state index contributed by atoms with van der Waals surface area (Å²) in [6.45, 7) is 35.6. The zero-order valence-corrected chi connectivity index (χ0v) is 66.0. The van der Waals surface area contributed by atoms with E-state index >= 15 is 0 Å². The summed E-state index contributed by atoms with van der Waals surface area (Å²) in [5.41, 5.74) is 26.9. The van der Waals surface area contributed by atoms with Crippen molar-refractivity contribution in [2.24, 2.45) is 0 Å². The summed E-state index contributed by atoms with van der Waals surface area (Å²) in [5.74, 6) is 0.